The lowest BCUT2D eigenvalue weighted by molar-refractivity contribution is -0.384. The van der Waals surface area contributed by atoms with Gasteiger partial charge in [-0.3, -0.25) is 10.1 Å². The number of nitrogens with zero attached hydrogens (tertiary/aromatic N) is 1. The second-order valence-corrected chi connectivity index (χ2v) is 7.93. The summed E-state index contributed by atoms with van der Waals surface area (Å²) in [5, 5.41) is 10.8. The summed E-state index contributed by atoms with van der Waals surface area (Å²) < 4.78 is 22.2. The van der Waals surface area contributed by atoms with E-state index >= 15 is 0 Å². The molecule has 0 N–H and O–H groups in total. The molecule has 9 nitrogen and oxygen atoms in total. The summed E-state index contributed by atoms with van der Waals surface area (Å²) in [6.07, 6.45) is 5.16. The molecule has 1 saturated heterocycles. The number of non-ortho nitro benzene ring substituents is 1. The van der Waals surface area contributed by atoms with Gasteiger partial charge in [0.2, 0.25) is 0 Å². The van der Waals surface area contributed by atoms with E-state index in [2.05, 4.69) is 0 Å². The minimum absolute atomic E-state index is 0.00268. The number of esters is 2. The van der Waals surface area contributed by atoms with Crippen LogP contribution in [-0.2, 0) is 25.7 Å². The van der Waals surface area contributed by atoms with Crippen LogP contribution in [0.3, 0.4) is 0 Å². The lowest BCUT2D eigenvalue weighted by Gasteiger charge is -2.38. The van der Waals surface area contributed by atoms with Crippen molar-refractivity contribution in [3.63, 3.8) is 0 Å². The number of nitro benzene ring substituents is 1. The van der Waals surface area contributed by atoms with Crippen LogP contribution in [0.25, 0.3) is 6.08 Å². The van der Waals surface area contributed by atoms with E-state index < -0.39 is 22.6 Å². The predicted octanol–water partition coefficient (Wildman–Crippen LogP) is 4.33. The molecule has 0 amide bonds. The normalized spacial score (nSPS) is 17.2. The minimum atomic E-state index is -1.13. The van der Waals surface area contributed by atoms with Crippen LogP contribution in [0.2, 0.25) is 0 Å². The van der Waals surface area contributed by atoms with E-state index in [-0.39, 0.29) is 17.9 Å². The quantitative estimate of drug-likeness (QED) is 0.209. The van der Waals surface area contributed by atoms with Gasteiger partial charge in [0.25, 0.3) is 11.5 Å². The maximum atomic E-state index is 12.5. The highest BCUT2D eigenvalue weighted by Gasteiger charge is 2.46. The molecule has 2 aromatic carbocycles. The summed E-state index contributed by atoms with van der Waals surface area (Å²) in [7, 11) is 1.47. The summed E-state index contributed by atoms with van der Waals surface area (Å²) in [6.45, 7) is 0.176. The Labute approximate surface area is 190 Å². The van der Waals surface area contributed by atoms with Crippen molar-refractivity contribution in [2.24, 2.45) is 0 Å². The van der Waals surface area contributed by atoms with E-state index in [1.807, 2.05) is 0 Å². The molecule has 2 aliphatic rings. The van der Waals surface area contributed by atoms with E-state index in [1.54, 1.807) is 30.3 Å². The smallest absolute Gasteiger partial charge is 0.348 e. The van der Waals surface area contributed by atoms with Crippen molar-refractivity contribution >= 4 is 23.7 Å². The standard InChI is InChI=1S/C24H23NO8/c1-30-21-14-17(7-10-20(21)31-15-16-5-8-18(9-6-16)25(28)29)13-19-22(26)32-24(33-23(19)27)11-3-2-4-12-24/h5-10,13-14H,2-4,11-12,15H2,1H3. The molecule has 0 bridgehead atoms. The Balaban J connectivity index is 1.47. The maximum absolute atomic E-state index is 12.5. The summed E-state index contributed by atoms with van der Waals surface area (Å²) >= 11 is 0. The summed E-state index contributed by atoms with van der Waals surface area (Å²) in [6, 6.07) is 11.0. The molecule has 0 aromatic heterocycles. The number of hydrogen-bond donors (Lipinski definition) is 0. The number of nitro groups is 1. The number of carbonyl (C=O) groups is 2. The minimum Gasteiger partial charge on any atom is -0.493 e. The van der Waals surface area contributed by atoms with Gasteiger partial charge in [0.1, 0.15) is 12.2 Å². The molecular weight excluding hydrogens is 430 g/mol. The highest BCUT2D eigenvalue weighted by Crippen LogP contribution is 2.38. The Morgan fingerprint density at radius 2 is 1.67 bits per heavy atom. The van der Waals surface area contributed by atoms with Crippen molar-refractivity contribution in [1.29, 1.82) is 0 Å². The molecule has 9 heteroatoms. The first kappa shape index (κ1) is 22.3. The molecule has 2 aromatic rings. The van der Waals surface area contributed by atoms with Crippen LogP contribution in [0.1, 0.15) is 43.2 Å². The SMILES string of the molecule is COc1cc(C=C2C(=O)OC3(CCCCC3)OC2=O)ccc1OCc1ccc([N+](=O)[O-])cc1. The average molecular weight is 453 g/mol. The molecule has 1 aliphatic carbocycles. The van der Waals surface area contributed by atoms with Gasteiger partial charge in [-0.25, -0.2) is 9.59 Å². The van der Waals surface area contributed by atoms with Gasteiger partial charge in [0.05, 0.1) is 12.0 Å². The Hall–Kier alpha value is -3.88. The van der Waals surface area contributed by atoms with Crippen LogP contribution in [0, 0.1) is 10.1 Å². The molecule has 1 spiro atoms. The average Bonchev–Trinajstić information content (AvgIpc) is 2.81. The van der Waals surface area contributed by atoms with Gasteiger partial charge in [0, 0.05) is 25.0 Å². The Kier molecular flexibility index (Phi) is 6.30. The molecule has 0 radical (unpaired) electrons. The number of benzene rings is 2. The van der Waals surface area contributed by atoms with Gasteiger partial charge < -0.3 is 18.9 Å². The second-order valence-electron chi connectivity index (χ2n) is 7.93. The molecule has 2 fully saturated rings. The van der Waals surface area contributed by atoms with Crippen LogP contribution in [0.15, 0.2) is 48.0 Å². The monoisotopic (exact) mass is 453 g/mol. The summed E-state index contributed by atoms with van der Waals surface area (Å²) in [5.41, 5.74) is 1.12. The van der Waals surface area contributed by atoms with Gasteiger partial charge in [-0.1, -0.05) is 12.5 Å². The zero-order chi connectivity index (χ0) is 23.4. The molecule has 172 valence electrons. The first-order valence-corrected chi connectivity index (χ1v) is 10.6. The fraction of sp³-hybridized carbons (Fsp3) is 0.333. The lowest BCUT2D eigenvalue weighted by atomic mass is 9.93. The Morgan fingerprint density at radius 3 is 2.27 bits per heavy atom. The number of rotatable bonds is 6. The van der Waals surface area contributed by atoms with Crippen LogP contribution in [0.5, 0.6) is 11.5 Å². The van der Waals surface area contributed by atoms with Crippen LogP contribution < -0.4 is 9.47 Å². The van der Waals surface area contributed by atoms with Gasteiger partial charge in [-0.05, 0) is 54.3 Å². The number of hydrogen-bond acceptors (Lipinski definition) is 8. The van der Waals surface area contributed by atoms with Gasteiger partial charge >= 0.3 is 11.9 Å². The van der Waals surface area contributed by atoms with Crippen LogP contribution >= 0.6 is 0 Å². The highest BCUT2D eigenvalue weighted by molar-refractivity contribution is 6.18. The van der Waals surface area contributed by atoms with Gasteiger partial charge in [-0.2, -0.15) is 0 Å². The molecule has 4 rings (SSSR count). The molecule has 0 atom stereocenters. The van der Waals surface area contributed by atoms with Gasteiger partial charge in [-0.15, -0.1) is 0 Å². The third kappa shape index (κ3) is 4.97. The molecular formula is C24H23NO8. The fourth-order valence-corrected chi connectivity index (χ4v) is 3.90. The topological polar surface area (TPSA) is 114 Å². The Bertz CT molecular complexity index is 1080. The third-order valence-electron chi connectivity index (χ3n) is 5.65. The van der Waals surface area contributed by atoms with Crippen LogP contribution in [0.4, 0.5) is 5.69 Å². The molecule has 0 unspecified atom stereocenters. The first-order chi connectivity index (χ1) is 15.9. The van der Waals surface area contributed by atoms with Crippen molar-refractivity contribution in [3.05, 3.63) is 69.3 Å². The summed E-state index contributed by atoms with van der Waals surface area (Å²) in [5.74, 6) is -1.67. The van der Waals surface area contributed by atoms with Gasteiger partial charge in [0.15, 0.2) is 11.5 Å². The number of carbonyl (C=O) groups excluding carboxylic acids is 2. The number of methoxy groups -OCH3 is 1. The molecule has 1 saturated carbocycles. The first-order valence-electron chi connectivity index (χ1n) is 10.6. The highest BCUT2D eigenvalue weighted by atomic mass is 16.7. The van der Waals surface area contributed by atoms with E-state index in [0.717, 1.165) is 24.8 Å². The van der Waals surface area contributed by atoms with Crippen molar-refractivity contribution < 1.29 is 33.5 Å². The zero-order valence-corrected chi connectivity index (χ0v) is 18.1. The van der Waals surface area contributed by atoms with E-state index in [4.69, 9.17) is 18.9 Å². The van der Waals surface area contributed by atoms with E-state index in [9.17, 15) is 19.7 Å². The predicted molar refractivity (Wildman–Crippen MR) is 116 cm³/mol. The zero-order valence-electron chi connectivity index (χ0n) is 18.1. The second kappa shape index (κ2) is 9.32. The molecule has 33 heavy (non-hydrogen) atoms. The molecule has 1 heterocycles. The third-order valence-corrected chi connectivity index (χ3v) is 5.65. The number of ether oxygens (including phenoxy) is 4. The summed E-state index contributed by atoms with van der Waals surface area (Å²) in [4.78, 5) is 35.4. The Morgan fingerprint density at radius 1 is 1.00 bits per heavy atom. The lowest BCUT2D eigenvalue weighted by Crippen LogP contribution is -2.47. The van der Waals surface area contributed by atoms with Crippen LogP contribution in [-0.4, -0.2) is 29.8 Å². The molecule has 1 aliphatic heterocycles. The fourth-order valence-electron chi connectivity index (χ4n) is 3.90. The largest absolute Gasteiger partial charge is 0.493 e. The van der Waals surface area contributed by atoms with Crippen molar-refractivity contribution in [2.45, 2.75) is 44.5 Å². The van der Waals surface area contributed by atoms with Crippen molar-refractivity contribution in [3.8, 4) is 11.5 Å². The van der Waals surface area contributed by atoms with E-state index in [1.165, 1.54) is 25.3 Å². The maximum Gasteiger partial charge on any atom is 0.348 e. The van der Waals surface area contributed by atoms with E-state index in [0.29, 0.717) is 29.9 Å². The van der Waals surface area contributed by atoms with Crippen molar-refractivity contribution in [1.82, 2.24) is 0 Å². The van der Waals surface area contributed by atoms with Crippen molar-refractivity contribution in [2.75, 3.05) is 7.11 Å².